The van der Waals surface area contributed by atoms with Crippen molar-refractivity contribution in [1.29, 1.82) is 0 Å². The SMILES string of the molecule is CC1(C(=O)O)CCN(Cc2ccc(OC(F)F)cc2)C1. The lowest BCUT2D eigenvalue weighted by Gasteiger charge is -2.20. The number of alkyl halides is 2. The molecule has 1 saturated heterocycles. The summed E-state index contributed by atoms with van der Waals surface area (Å²) in [5.41, 5.74) is 0.250. The van der Waals surface area contributed by atoms with E-state index < -0.39 is 18.0 Å². The van der Waals surface area contributed by atoms with Crippen molar-refractivity contribution in [3.05, 3.63) is 29.8 Å². The van der Waals surface area contributed by atoms with Gasteiger partial charge in [0.15, 0.2) is 0 Å². The third kappa shape index (κ3) is 3.45. The monoisotopic (exact) mass is 285 g/mol. The highest BCUT2D eigenvalue weighted by molar-refractivity contribution is 5.74. The highest BCUT2D eigenvalue weighted by Gasteiger charge is 2.40. The minimum atomic E-state index is -2.82. The van der Waals surface area contributed by atoms with E-state index in [0.717, 1.165) is 12.1 Å². The van der Waals surface area contributed by atoms with E-state index in [1.807, 2.05) is 0 Å². The first kappa shape index (κ1) is 14.7. The van der Waals surface area contributed by atoms with Gasteiger partial charge in [-0.15, -0.1) is 0 Å². The molecule has 1 atom stereocenters. The summed E-state index contributed by atoms with van der Waals surface area (Å²) in [6.45, 7) is 0.748. The van der Waals surface area contributed by atoms with Crippen molar-refractivity contribution in [3.63, 3.8) is 0 Å². The predicted octanol–water partition coefficient (Wildman–Crippen LogP) is 2.58. The number of hydrogen-bond donors (Lipinski definition) is 1. The highest BCUT2D eigenvalue weighted by Crippen LogP contribution is 2.31. The zero-order valence-electron chi connectivity index (χ0n) is 11.2. The molecule has 1 aliphatic heterocycles. The molecule has 2 rings (SSSR count). The molecule has 0 amide bonds. The second-order valence-corrected chi connectivity index (χ2v) is 5.35. The molecule has 0 bridgehead atoms. The fourth-order valence-electron chi connectivity index (χ4n) is 2.40. The van der Waals surface area contributed by atoms with Crippen LogP contribution in [0.25, 0.3) is 0 Å². The average Bonchev–Trinajstić information content (AvgIpc) is 2.74. The van der Waals surface area contributed by atoms with Crippen molar-refractivity contribution in [2.75, 3.05) is 13.1 Å². The Labute approximate surface area is 116 Å². The van der Waals surface area contributed by atoms with Crippen LogP contribution in [0.15, 0.2) is 24.3 Å². The van der Waals surface area contributed by atoms with E-state index in [-0.39, 0.29) is 5.75 Å². The lowest BCUT2D eigenvalue weighted by molar-refractivity contribution is -0.147. The molecule has 110 valence electrons. The number of nitrogens with zero attached hydrogens (tertiary/aromatic N) is 1. The maximum atomic E-state index is 12.0. The second-order valence-electron chi connectivity index (χ2n) is 5.35. The largest absolute Gasteiger partial charge is 0.481 e. The smallest absolute Gasteiger partial charge is 0.387 e. The fraction of sp³-hybridized carbons (Fsp3) is 0.500. The summed E-state index contributed by atoms with van der Waals surface area (Å²) in [6.07, 6.45) is 0.620. The van der Waals surface area contributed by atoms with Crippen LogP contribution in [0.4, 0.5) is 8.78 Å². The van der Waals surface area contributed by atoms with Gasteiger partial charge in [-0.3, -0.25) is 9.69 Å². The normalized spacial score (nSPS) is 23.2. The van der Waals surface area contributed by atoms with Crippen molar-refractivity contribution in [2.24, 2.45) is 5.41 Å². The van der Waals surface area contributed by atoms with E-state index in [2.05, 4.69) is 9.64 Å². The molecule has 4 nitrogen and oxygen atoms in total. The third-order valence-corrected chi connectivity index (χ3v) is 3.62. The summed E-state index contributed by atoms with van der Waals surface area (Å²) in [5, 5.41) is 9.16. The molecule has 0 radical (unpaired) electrons. The first-order valence-corrected chi connectivity index (χ1v) is 6.38. The summed E-state index contributed by atoms with van der Waals surface area (Å²) in [5.74, 6) is -0.652. The highest BCUT2D eigenvalue weighted by atomic mass is 19.3. The Morgan fingerprint density at radius 3 is 2.60 bits per heavy atom. The van der Waals surface area contributed by atoms with Crippen LogP contribution in [0.2, 0.25) is 0 Å². The van der Waals surface area contributed by atoms with Gasteiger partial charge in [0.1, 0.15) is 5.75 Å². The maximum Gasteiger partial charge on any atom is 0.387 e. The zero-order chi connectivity index (χ0) is 14.8. The molecular formula is C14H17F2NO3. The molecule has 1 aromatic carbocycles. The van der Waals surface area contributed by atoms with Crippen molar-refractivity contribution in [3.8, 4) is 5.75 Å². The Kier molecular flexibility index (Phi) is 4.23. The number of likely N-dealkylation sites (tertiary alicyclic amines) is 1. The summed E-state index contributed by atoms with van der Waals surface area (Å²) < 4.78 is 28.3. The van der Waals surface area contributed by atoms with Gasteiger partial charge in [0.25, 0.3) is 0 Å². The summed E-state index contributed by atoms with van der Waals surface area (Å²) in [7, 11) is 0. The molecule has 0 aromatic heterocycles. The topological polar surface area (TPSA) is 49.8 Å². The quantitative estimate of drug-likeness (QED) is 0.903. The van der Waals surface area contributed by atoms with E-state index in [4.69, 9.17) is 5.11 Å². The van der Waals surface area contributed by atoms with E-state index in [1.165, 1.54) is 12.1 Å². The Morgan fingerprint density at radius 2 is 2.10 bits per heavy atom. The van der Waals surface area contributed by atoms with Crippen LogP contribution in [0.5, 0.6) is 5.75 Å². The van der Waals surface area contributed by atoms with E-state index in [1.54, 1.807) is 19.1 Å². The standard InChI is InChI=1S/C14H17F2NO3/c1-14(12(18)19)6-7-17(9-14)8-10-2-4-11(5-3-10)20-13(15)16/h2-5,13H,6-9H2,1H3,(H,18,19). The Balaban J connectivity index is 1.93. The fourth-order valence-corrected chi connectivity index (χ4v) is 2.40. The minimum Gasteiger partial charge on any atom is -0.481 e. The number of rotatable bonds is 5. The number of carboxylic acid groups (broad SMARTS) is 1. The minimum absolute atomic E-state index is 0.126. The number of halogens is 2. The van der Waals surface area contributed by atoms with Crippen LogP contribution in [-0.2, 0) is 11.3 Å². The van der Waals surface area contributed by atoms with Crippen LogP contribution in [0.3, 0.4) is 0 Å². The zero-order valence-corrected chi connectivity index (χ0v) is 11.2. The van der Waals surface area contributed by atoms with Gasteiger partial charge in [-0.1, -0.05) is 12.1 Å². The predicted molar refractivity (Wildman–Crippen MR) is 68.7 cm³/mol. The van der Waals surface area contributed by atoms with E-state index >= 15 is 0 Å². The third-order valence-electron chi connectivity index (χ3n) is 3.62. The summed E-state index contributed by atoms with van der Waals surface area (Å²) >= 11 is 0. The summed E-state index contributed by atoms with van der Waals surface area (Å²) in [6, 6.07) is 6.42. The molecule has 0 aliphatic carbocycles. The molecule has 1 unspecified atom stereocenters. The van der Waals surface area contributed by atoms with Crippen molar-refractivity contribution in [1.82, 2.24) is 4.90 Å². The lowest BCUT2D eigenvalue weighted by atomic mass is 9.90. The molecule has 0 saturated carbocycles. The number of hydrogen-bond acceptors (Lipinski definition) is 3. The van der Waals surface area contributed by atoms with Gasteiger partial charge in [0.2, 0.25) is 0 Å². The molecule has 1 fully saturated rings. The molecule has 1 N–H and O–H groups in total. The molecule has 0 spiro atoms. The van der Waals surface area contributed by atoms with E-state index in [0.29, 0.717) is 19.5 Å². The van der Waals surface area contributed by atoms with Gasteiger partial charge in [-0.25, -0.2) is 0 Å². The first-order chi connectivity index (χ1) is 9.39. The van der Waals surface area contributed by atoms with Gasteiger partial charge in [-0.2, -0.15) is 8.78 Å². The molecular weight excluding hydrogens is 268 g/mol. The van der Waals surface area contributed by atoms with Crippen molar-refractivity contribution in [2.45, 2.75) is 26.5 Å². The van der Waals surface area contributed by atoms with Crippen molar-refractivity contribution < 1.29 is 23.4 Å². The number of ether oxygens (including phenoxy) is 1. The lowest BCUT2D eigenvalue weighted by Crippen LogP contribution is -2.31. The molecule has 1 heterocycles. The van der Waals surface area contributed by atoms with Crippen molar-refractivity contribution >= 4 is 5.97 Å². The van der Waals surface area contributed by atoms with Gasteiger partial charge in [0, 0.05) is 13.1 Å². The Hall–Kier alpha value is -1.69. The van der Waals surface area contributed by atoms with Crippen LogP contribution in [0.1, 0.15) is 18.9 Å². The van der Waals surface area contributed by atoms with Crippen LogP contribution < -0.4 is 4.74 Å². The summed E-state index contributed by atoms with van der Waals surface area (Å²) in [4.78, 5) is 13.2. The number of benzene rings is 1. The molecule has 20 heavy (non-hydrogen) atoms. The number of carboxylic acids is 1. The molecule has 1 aromatic rings. The van der Waals surface area contributed by atoms with Gasteiger partial charge in [-0.05, 0) is 37.6 Å². The van der Waals surface area contributed by atoms with Gasteiger partial charge in [0.05, 0.1) is 5.41 Å². The van der Waals surface area contributed by atoms with Crippen LogP contribution >= 0.6 is 0 Å². The molecule has 6 heteroatoms. The Bertz CT molecular complexity index is 478. The number of aliphatic carboxylic acids is 1. The number of carbonyl (C=O) groups is 1. The second kappa shape index (κ2) is 5.75. The Morgan fingerprint density at radius 1 is 1.45 bits per heavy atom. The van der Waals surface area contributed by atoms with Crippen LogP contribution in [-0.4, -0.2) is 35.7 Å². The van der Waals surface area contributed by atoms with E-state index in [9.17, 15) is 13.6 Å². The van der Waals surface area contributed by atoms with Gasteiger partial charge < -0.3 is 9.84 Å². The first-order valence-electron chi connectivity index (χ1n) is 6.38. The maximum absolute atomic E-state index is 12.0. The molecule has 1 aliphatic rings. The average molecular weight is 285 g/mol. The van der Waals surface area contributed by atoms with Gasteiger partial charge >= 0.3 is 12.6 Å². The van der Waals surface area contributed by atoms with Crippen LogP contribution in [0, 0.1) is 5.41 Å².